The van der Waals surface area contributed by atoms with E-state index >= 15 is 0 Å². The van der Waals surface area contributed by atoms with E-state index in [1.54, 1.807) is 11.1 Å². The molecule has 0 bridgehead atoms. The molecule has 0 unspecified atom stereocenters. The fourth-order valence-electron chi connectivity index (χ4n) is 2.23. The highest BCUT2D eigenvalue weighted by molar-refractivity contribution is 6.80. The van der Waals surface area contributed by atoms with Gasteiger partial charge in [0, 0.05) is 0 Å². The third kappa shape index (κ3) is 1.58. The molecule has 1 aliphatic rings. The van der Waals surface area contributed by atoms with Crippen molar-refractivity contribution in [1.82, 2.24) is 0 Å². The predicted molar refractivity (Wildman–Crippen MR) is 54.7 cm³/mol. The van der Waals surface area contributed by atoms with Crippen LogP contribution < -0.4 is 0 Å². The number of allylic oxidation sites excluding steroid dienone is 2. The molecule has 0 aliphatic heterocycles. The lowest BCUT2D eigenvalue weighted by molar-refractivity contribution is 1.11. The van der Waals surface area contributed by atoms with Crippen molar-refractivity contribution < 1.29 is 0 Å². The van der Waals surface area contributed by atoms with E-state index < -0.39 is 8.07 Å². The van der Waals surface area contributed by atoms with Gasteiger partial charge in [0.05, 0.1) is 8.07 Å². The first-order valence-corrected chi connectivity index (χ1v) is 8.31. The Labute approximate surface area is 71.7 Å². The summed E-state index contributed by atoms with van der Waals surface area (Å²) in [5.41, 5.74) is 4.58. The maximum atomic E-state index is 2.48. The minimum Gasteiger partial charge on any atom is -0.0688 e. The molecule has 1 aliphatic carbocycles. The van der Waals surface area contributed by atoms with Crippen LogP contribution in [0.15, 0.2) is 11.1 Å². The lowest BCUT2D eigenvalue weighted by atomic mass is 10.4. The topological polar surface area (TPSA) is 0 Å². The van der Waals surface area contributed by atoms with Crippen LogP contribution >= 0.6 is 0 Å². The smallest absolute Gasteiger partial charge is 0.0565 e. The summed E-state index contributed by atoms with van der Waals surface area (Å²) in [7, 11) is -0.866. The van der Waals surface area contributed by atoms with Crippen LogP contribution in [0.2, 0.25) is 25.2 Å². The molecule has 0 nitrogen and oxygen atoms in total. The molecule has 0 N–H and O–H groups in total. The molecule has 0 radical (unpaired) electrons. The van der Waals surface area contributed by atoms with Crippen molar-refractivity contribution in [2.45, 2.75) is 51.9 Å². The second-order valence-electron chi connectivity index (χ2n) is 4.56. The molecule has 0 fully saturated rings. The molecule has 1 rings (SSSR count). The van der Waals surface area contributed by atoms with Gasteiger partial charge in [0.2, 0.25) is 0 Å². The Morgan fingerprint density at radius 3 is 1.45 bits per heavy atom. The average Bonchev–Trinajstić information content (AvgIpc) is 2.58. The van der Waals surface area contributed by atoms with Gasteiger partial charge in [-0.1, -0.05) is 44.6 Å². The minimum absolute atomic E-state index is 0.866. The van der Waals surface area contributed by atoms with Crippen molar-refractivity contribution in [3.63, 3.8) is 0 Å². The van der Waals surface area contributed by atoms with Crippen LogP contribution in [0.4, 0.5) is 0 Å². The van der Waals surface area contributed by atoms with Crippen LogP contribution in [-0.4, -0.2) is 8.07 Å². The van der Waals surface area contributed by atoms with Gasteiger partial charge in [-0.25, -0.2) is 0 Å². The van der Waals surface area contributed by atoms with E-state index in [2.05, 4.69) is 33.5 Å². The Morgan fingerprint density at radius 2 is 1.36 bits per heavy atom. The van der Waals surface area contributed by atoms with Gasteiger partial charge in [-0.3, -0.25) is 0 Å². The second-order valence-corrected chi connectivity index (χ2v) is 9.87. The van der Waals surface area contributed by atoms with E-state index in [9.17, 15) is 0 Å². The third-order valence-corrected chi connectivity index (χ3v) is 5.08. The molecule has 0 aromatic carbocycles. The second kappa shape index (κ2) is 2.78. The largest absolute Gasteiger partial charge is 0.0688 e. The predicted octanol–water partition coefficient (Wildman–Crippen LogP) is 3.83. The molecular weight excluding hydrogens is 148 g/mol. The summed E-state index contributed by atoms with van der Waals surface area (Å²) >= 11 is 0. The van der Waals surface area contributed by atoms with Crippen LogP contribution in [-0.2, 0) is 0 Å². The van der Waals surface area contributed by atoms with Crippen molar-refractivity contribution in [3.8, 4) is 0 Å². The molecule has 0 aromatic heterocycles. The van der Waals surface area contributed by atoms with Gasteiger partial charge in [0.15, 0.2) is 0 Å². The normalized spacial score (nSPS) is 19.4. The van der Waals surface area contributed by atoms with Crippen molar-refractivity contribution >= 4 is 8.07 Å². The van der Waals surface area contributed by atoms with Crippen molar-refractivity contribution in [3.05, 3.63) is 11.1 Å². The minimum atomic E-state index is -0.866. The molecule has 1 heteroatoms. The fourth-order valence-corrected chi connectivity index (χ4v) is 5.01. The lowest BCUT2D eigenvalue weighted by Crippen LogP contribution is -2.22. The van der Waals surface area contributed by atoms with Gasteiger partial charge in [-0.15, -0.1) is 0 Å². The Hall–Kier alpha value is -0.0431. The van der Waals surface area contributed by atoms with Crippen LogP contribution in [0.25, 0.3) is 0 Å². The molecule has 0 amide bonds. The van der Waals surface area contributed by atoms with E-state index in [1.807, 2.05) is 0 Å². The zero-order valence-corrected chi connectivity index (χ0v) is 9.49. The fraction of sp³-hybridized carbons (Fsp3) is 0.800. The molecular formula is C10H20Si. The molecule has 0 spiro atoms. The SMILES string of the molecule is CCC1=C(CC)C1[Si](C)(C)C. The van der Waals surface area contributed by atoms with Gasteiger partial charge in [0.1, 0.15) is 0 Å². The van der Waals surface area contributed by atoms with E-state index in [1.165, 1.54) is 12.8 Å². The Morgan fingerprint density at radius 1 is 1.00 bits per heavy atom. The van der Waals surface area contributed by atoms with Gasteiger partial charge in [0.25, 0.3) is 0 Å². The van der Waals surface area contributed by atoms with Gasteiger partial charge >= 0.3 is 0 Å². The molecule has 0 saturated heterocycles. The lowest BCUT2D eigenvalue weighted by Gasteiger charge is -2.17. The Balaban J connectivity index is 2.60. The van der Waals surface area contributed by atoms with Gasteiger partial charge in [-0.05, 0) is 18.4 Å². The highest BCUT2D eigenvalue weighted by atomic mass is 28.3. The summed E-state index contributed by atoms with van der Waals surface area (Å²) in [5.74, 6) is 0. The number of hydrogen-bond donors (Lipinski definition) is 0. The average molecular weight is 168 g/mol. The molecule has 0 atom stereocenters. The number of hydrogen-bond acceptors (Lipinski definition) is 0. The maximum Gasteiger partial charge on any atom is 0.0565 e. The van der Waals surface area contributed by atoms with Crippen LogP contribution in [0.5, 0.6) is 0 Å². The highest BCUT2D eigenvalue weighted by Crippen LogP contribution is 2.54. The van der Waals surface area contributed by atoms with Crippen LogP contribution in [0.3, 0.4) is 0 Å². The molecule has 0 saturated carbocycles. The van der Waals surface area contributed by atoms with E-state index in [-0.39, 0.29) is 0 Å². The van der Waals surface area contributed by atoms with Crippen LogP contribution in [0, 0.1) is 0 Å². The van der Waals surface area contributed by atoms with Crippen LogP contribution in [0.1, 0.15) is 26.7 Å². The van der Waals surface area contributed by atoms with E-state index in [0.29, 0.717) is 0 Å². The van der Waals surface area contributed by atoms with E-state index in [4.69, 9.17) is 0 Å². The highest BCUT2D eigenvalue weighted by Gasteiger charge is 2.42. The summed E-state index contributed by atoms with van der Waals surface area (Å²) in [6.45, 7) is 12.0. The molecule has 0 heterocycles. The monoisotopic (exact) mass is 168 g/mol. The van der Waals surface area contributed by atoms with Crippen molar-refractivity contribution in [1.29, 1.82) is 0 Å². The standard InChI is InChI=1S/C10H20Si/c1-6-8-9(7-2)10(8)11(3,4)5/h10H,6-7H2,1-5H3. The first-order valence-electron chi connectivity index (χ1n) is 4.74. The summed E-state index contributed by atoms with van der Waals surface area (Å²) in [4.78, 5) is 0. The summed E-state index contributed by atoms with van der Waals surface area (Å²) in [6.07, 6.45) is 2.61. The summed E-state index contributed by atoms with van der Waals surface area (Å²) < 4.78 is 0. The first kappa shape index (κ1) is 9.05. The third-order valence-electron chi connectivity index (χ3n) is 2.65. The summed E-state index contributed by atoms with van der Waals surface area (Å²) in [5, 5.41) is 0. The zero-order valence-electron chi connectivity index (χ0n) is 8.49. The van der Waals surface area contributed by atoms with Crippen molar-refractivity contribution in [2.75, 3.05) is 0 Å². The number of rotatable bonds is 3. The zero-order chi connectivity index (χ0) is 8.65. The maximum absolute atomic E-state index is 2.48. The molecule has 11 heavy (non-hydrogen) atoms. The summed E-state index contributed by atoms with van der Waals surface area (Å²) in [6, 6.07) is 0. The van der Waals surface area contributed by atoms with E-state index in [0.717, 1.165) is 5.54 Å². The molecule has 64 valence electrons. The quantitative estimate of drug-likeness (QED) is 0.444. The Kier molecular flexibility index (Phi) is 2.29. The molecule has 0 aromatic rings. The Bertz CT molecular complexity index is 170. The van der Waals surface area contributed by atoms with Crippen molar-refractivity contribution in [2.24, 2.45) is 0 Å². The first-order chi connectivity index (χ1) is 5.02. The van der Waals surface area contributed by atoms with Gasteiger partial charge < -0.3 is 0 Å². The van der Waals surface area contributed by atoms with Gasteiger partial charge in [-0.2, -0.15) is 0 Å².